The van der Waals surface area contributed by atoms with Gasteiger partial charge < -0.3 is 9.64 Å². The average Bonchev–Trinajstić information content (AvgIpc) is 2.86. The van der Waals surface area contributed by atoms with Crippen LogP contribution in [0.1, 0.15) is 37.3 Å². The van der Waals surface area contributed by atoms with E-state index in [1.165, 1.54) is 10.4 Å². The number of fused-ring (bicyclic) bond motifs is 1. The van der Waals surface area contributed by atoms with Crippen molar-refractivity contribution in [1.82, 2.24) is 15.0 Å². The topological polar surface area (TPSA) is 51.1 Å². The summed E-state index contributed by atoms with van der Waals surface area (Å²) in [6.45, 7) is 6.89. The smallest absolute Gasteiger partial charge is 0.322 e. The molecule has 5 nitrogen and oxygen atoms in total. The molecule has 0 bridgehead atoms. The SMILES string of the molecule is CC(C)Oc1nc(Cl)nc(N2CCc3sccc3C2C)n1. The van der Waals surface area contributed by atoms with Crippen LogP contribution < -0.4 is 9.64 Å². The van der Waals surface area contributed by atoms with E-state index in [-0.39, 0.29) is 23.4 Å². The van der Waals surface area contributed by atoms with Gasteiger partial charge in [0.1, 0.15) is 0 Å². The highest BCUT2D eigenvalue weighted by molar-refractivity contribution is 7.10. The lowest BCUT2D eigenvalue weighted by atomic mass is 10.0. The molecule has 1 aliphatic rings. The van der Waals surface area contributed by atoms with Crippen LogP contribution in [0.3, 0.4) is 0 Å². The minimum Gasteiger partial charge on any atom is -0.461 e. The molecule has 1 atom stereocenters. The fourth-order valence-electron chi connectivity index (χ4n) is 2.50. The lowest BCUT2D eigenvalue weighted by molar-refractivity contribution is 0.221. The van der Waals surface area contributed by atoms with Crippen molar-refractivity contribution >= 4 is 28.9 Å². The van der Waals surface area contributed by atoms with E-state index >= 15 is 0 Å². The number of anilines is 1. The summed E-state index contributed by atoms with van der Waals surface area (Å²) in [5, 5.41) is 2.30. The van der Waals surface area contributed by atoms with Gasteiger partial charge in [0.2, 0.25) is 11.2 Å². The van der Waals surface area contributed by atoms with Crippen LogP contribution in [-0.2, 0) is 6.42 Å². The van der Waals surface area contributed by atoms with E-state index in [1.807, 2.05) is 25.2 Å². The molecule has 112 valence electrons. The van der Waals surface area contributed by atoms with Crippen LogP contribution in [0.2, 0.25) is 5.28 Å². The van der Waals surface area contributed by atoms with Crippen molar-refractivity contribution in [2.24, 2.45) is 0 Å². The Morgan fingerprint density at radius 2 is 2.19 bits per heavy atom. The van der Waals surface area contributed by atoms with Crippen LogP contribution in [0.25, 0.3) is 0 Å². The van der Waals surface area contributed by atoms with E-state index in [9.17, 15) is 0 Å². The van der Waals surface area contributed by atoms with E-state index < -0.39 is 0 Å². The van der Waals surface area contributed by atoms with Crippen molar-refractivity contribution in [2.45, 2.75) is 39.3 Å². The molecular weight excluding hydrogens is 308 g/mol. The molecule has 0 saturated heterocycles. The first-order valence-electron chi connectivity index (χ1n) is 6.95. The molecule has 0 saturated carbocycles. The molecular formula is C14H17ClN4OS. The Labute approximate surface area is 133 Å². The highest BCUT2D eigenvalue weighted by Crippen LogP contribution is 2.35. The van der Waals surface area contributed by atoms with Crippen molar-refractivity contribution in [3.8, 4) is 6.01 Å². The Hall–Kier alpha value is -1.40. The molecule has 0 N–H and O–H groups in total. The van der Waals surface area contributed by atoms with Crippen molar-refractivity contribution < 1.29 is 4.74 Å². The molecule has 7 heteroatoms. The van der Waals surface area contributed by atoms with Crippen LogP contribution in [0.4, 0.5) is 5.95 Å². The van der Waals surface area contributed by atoms with Gasteiger partial charge in [-0.3, -0.25) is 0 Å². The molecule has 0 amide bonds. The van der Waals surface area contributed by atoms with Gasteiger partial charge in [0.25, 0.3) is 0 Å². The second-order valence-electron chi connectivity index (χ2n) is 5.27. The van der Waals surface area contributed by atoms with Gasteiger partial charge in [-0.15, -0.1) is 11.3 Å². The highest BCUT2D eigenvalue weighted by atomic mass is 35.5. The number of rotatable bonds is 3. The van der Waals surface area contributed by atoms with Crippen LogP contribution in [0, 0.1) is 0 Å². The number of nitrogens with zero attached hydrogens (tertiary/aromatic N) is 4. The van der Waals surface area contributed by atoms with Gasteiger partial charge >= 0.3 is 6.01 Å². The first kappa shape index (κ1) is 14.5. The average molecular weight is 325 g/mol. The third-order valence-corrected chi connectivity index (χ3v) is 4.62. The quantitative estimate of drug-likeness (QED) is 0.865. The monoisotopic (exact) mass is 324 g/mol. The van der Waals surface area contributed by atoms with Crippen LogP contribution in [0.15, 0.2) is 11.4 Å². The molecule has 1 aliphatic heterocycles. The summed E-state index contributed by atoms with van der Waals surface area (Å²) in [6, 6.07) is 2.68. The predicted molar refractivity (Wildman–Crippen MR) is 84.4 cm³/mol. The van der Waals surface area contributed by atoms with Gasteiger partial charge in [-0.2, -0.15) is 15.0 Å². The molecule has 1 unspecified atom stereocenters. The lowest BCUT2D eigenvalue weighted by Gasteiger charge is -2.33. The van der Waals surface area contributed by atoms with E-state index in [0.717, 1.165) is 13.0 Å². The molecule has 0 radical (unpaired) electrons. The molecule has 3 heterocycles. The van der Waals surface area contributed by atoms with Gasteiger partial charge in [0.15, 0.2) is 0 Å². The number of hydrogen-bond donors (Lipinski definition) is 0. The summed E-state index contributed by atoms with van der Waals surface area (Å²) >= 11 is 7.82. The lowest BCUT2D eigenvalue weighted by Crippen LogP contribution is -2.34. The highest BCUT2D eigenvalue weighted by Gasteiger charge is 2.27. The van der Waals surface area contributed by atoms with Crippen molar-refractivity contribution in [1.29, 1.82) is 0 Å². The molecule has 0 fully saturated rings. The first-order valence-corrected chi connectivity index (χ1v) is 8.21. The number of hydrogen-bond acceptors (Lipinski definition) is 6. The minimum absolute atomic E-state index is 0.00132. The zero-order valence-corrected chi connectivity index (χ0v) is 13.8. The Morgan fingerprint density at radius 1 is 1.38 bits per heavy atom. The maximum atomic E-state index is 6.01. The van der Waals surface area contributed by atoms with Crippen molar-refractivity contribution in [2.75, 3.05) is 11.4 Å². The molecule has 3 rings (SSSR count). The number of aromatic nitrogens is 3. The number of halogens is 1. The second-order valence-corrected chi connectivity index (χ2v) is 6.61. The third kappa shape index (κ3) is 2.96. The normalized spacial score (nSPS) is 18.0. The minimum atomic E-state index is -0.00132. The Morgan fingerprint density at radius 3 is 2.95 bits per heavy atom. The largest absolute Gasteiger partial charge is 0.461 e. The molecule has 0 aromatic carbocycles. The second kappa shape index (κ2) is 5.77. The number of ether oxygens (including phenoxy) is 1. The summed E-state index contributed by atoms with van der Waals surface area (Å²) in [5.74, 6) is 0.579. The van der Waals surface area contributed by atoms with Crippen molar-refractivity contribution in [3.05, 3.63) is 27.2 Å². The fourth-order valence-corrected chi connectivity index (χ4v) is 3.61. The van der Waals surface area contributed by atoms with Crippen molar-refractivity contribution in [3.63, 3.8) is 0 Å². The van der Waals surface area contributed by atoms with Crippen LogP contribution >= 0.6 is 22.9 Å². The van der Waals surface area contributed by atoms with E-state index in [2.05, 4.69) is 38.2 Å². The Kier molecular flexibility index (Phi) is 3.99. The third-order valence-electron chi connectivity index (χ3n) is 3.45. The molecule has 0 aliphatic carbocycles. The Balaban J connectivity index is 1.92. The summed E-state index contributed by atoms with van der Waals surface area (Å²) in [6.07, 6.45) is 1.000. The molecule has 0 spiro atoms. The summed E-state index contributed by atoms with van der Waals surface area (Å²) in [7, 11) is 0. The van der Waals surface area contributed by atoms with Gasteiger partial charge in [-0.05, 0) is 55.8 Å². The maximum Gasteiger partial charge on any atom is 0.322 e. The van der Waals surface area contributed by atoms with Gasteiger partial charge in [0, 0.05) is 11.4 Å². The Bertz CT molecular complexity index is 646. The zero-order valence-electron chi connectivity index (χ0n) is 12.2. The number of thiophene rings is 1. The fraction of sp³-hybridized carbons (Fsp3) is 0.500. The molecule has 21 heavy (non-hydrogen) atoms. The summed E-state index contributed by atoms with van der Waals surface area (Å²) < 4.78 is 5.54. The van der Waals surface area contributed by atoms with E-state index in [1.54, 1.807) is 0 Å². The predicted octanol–water partition coefficient (Wildman–Crippen LogP) is 3.50. The van der Waals surface area contributed by atoms with Gasteiger partial charge in [-0.1, -0.05) is 0 Å². The molecule has 2 aromatic heterocycles. The maximum absolute atomic E-state index is 6.01. The van der Waals surface area contributed by atoms with E-state index in [4.69, 9.17) is 16.3 Å². The van der Waals surface area contributed by atoms with E-state index in [0.29, 0.717) is 5.95 Å². The first-order chi connectivity index (χ1) is 10.0. The molecule has 2 aromatic rings. The zero-order chi connectivity index (χ0) is 15.0. The standard InChI is InChI=1S/C14H17ClN4OS/c1-8(2)20-14-17-12(15)16-13(18-14)19-6-4-11-10(9(19)3)5-7-21-11/h5,7-9H,4,6H2,1-3H3. The van der Waals surface area contributed by atoms with Crippen LogP contribution in [0.5, 0.6) is 6.01 Å². The summed E-state index contributed by atoms with van der Waals surface area (Å²) in [4.78, 5) is 16.3. The van der Waals surface area contributed by atoms with Gasteiger partial charge in [-0.25, -0.2) is 0 Å². The van der Waals surface area contributed by atoms with Gasteiger partial charge in [0.05, 0.1) is 12.1 Å². The summed E-state index contributed by atoms with van der Waals surface area (Å²) in [5.41, 5.74) is 1.34. The van der Waals surface area contributed by atoms with Crippen LogP contribution in [-0.4, -0.2) is 27.6 Å².